The quantitative estimate of drug-likeness (QED) is 0.677. The molecule has 0 aliphatic heterocycles. The van der Waals surface area contributed by atoms with Crippen molar-refractivity contribution >= 4 is 11.6 Å². The van der Waals surface area contributed by atoms with Gasteiger partial charge in [-0.15, -0.1) is 13.2 Å². The van der Waals surface area contributed by atoms with Crippen LogP contribution in [0.1, 0.15) is 38.7 Å². The monoisotopic (exact) mass is 310 g/mol. The predicted octanol–water partition coefficient (Wildman–Crippen LogP) is 5.33. The number of benzene rings is 1. The Labute approximate surface area is 121 Å². The molecule has 1 aromatic carbocycles. The van der Waals surface area contributed by atoms with E-state index in [-0.39, 0.29) is 23.5 Å². The third kappa shape index (κ3) is 6.48. The lowest BCUT2D eigenvalue weighted by Gasteiger charge is -2.14. The molecule has 0 fully saturated rings. The largest absolute Gasteiger partial charge is 0.573 e. The maximum absolute atomic E-state index is 12.1. The second-order valence-corrected chi connectivity index (χ2v) is 4.97. The van der Waals surface area contributed by atoms with Crippen molar-refractivity contribution in [2.45, 2.75) is 52.2 Å². The topological polar surface area (TPSA) is 18.5 Å². The molecule has 0 aliphatic rings. The van der Waals surface area contributed by atoms with E-state index in [4.69, 9.17) is 16.3 Å². The van der Waals surface area contributed by atoms with E-state index in [2.05, 4.69) is 11.7 Å². The minimum absolute atomic E-state index is 0.0946. The van der Waals surface area contributed by atoms with Crippen LogP contribution in [0.15, 0.2) is 18.2 Å². The molecule has 0 N–H and O–H groups in total. The highest BCUT2D eigenvalue weighted by Gasteiger charge is 2.31. The fourth-order valence-corrected chi connectivity index (χ4v) is 1.87. The van der Waals surface area contributed by atoms with E-state index in [0.717, 1.165) is 25.3 Å². The summed E-state index contributed by atoms with van der Waals surface area (Å²) >= 11 is 5.92. The summed E-state index contributed by atoms with van der Waals surface area (Å²) in [6.45, 7) is 4.34. The summed E-state index contributed by atoms with van der Waals surface area (Å²) in [5.74, 6) is -0.328. The molecular formula is C14H18ClF3O2. The van der Waals surface area contributed by atoms with Crippen LogP contribution in [0.2, 0.25) is 5.02 Å². The first-order valence-electron chi connectivity index (χ1n) is 6.47. The molecule has 0 spiro atoms. The Balaban J connectivity index is 2.56. The fraction of sp³-hybridized carbons (Fsp3) is 0.571. The third-order valence-corrected chi connectivity index (χ3v) is 3.10. The summed E-state index contributed by atoms with van der Waals surface area (Å²) in [5, 5.41) is 0.203. The zero-order valence-electron chi connectivity index (χ0n) is 11.5. The standard InChI is InChI=1S/C14H18ClF3O2/c1-3-4-5-10(2)19-9-11-6-7-12(8-13(11)15)20-14(16,17)18/h6-8,10H,3-5,9H2,1-2H3. The number of rotatable bonds is 7. The van der Waals surface area contributed by atoms with Crippen LogP contribution in [-0.4, -0.2) is 12.5 Å². The minimum atomic E-state index is -4.71. The molecule has 0 heterocycles. The van der Waals surface area contributed by atoms with Crippen molar-refractivity contribution in [1.82, 2.24) is 0 Å². The normalized spacial score (nSPS) is 13.3. The second-order valence-electron chi connectivity index (χ2n) is 4.56. The van der Waals surface area contributed by atoms with Crippen LogP contribution in [-0.2, 0) is 11.3 Å². The molecule has 6 heteroatoms. The van der Waals surface area contributed by atoms with Crippen molar-refractivity contribution < 1.29 is 22.6 Å². The number of hydrogen-bond acceptors (Lipinski definition) is 2. The van der Waals surface area contributed by atoms with E-state index in [1.807, 2.05) is 6.92 Å². The van der Waals surface area contributed by atoms with Crippen LogP contribution >= 0.6 is 11.6 Å². The van der Waals surface area contributed by atoms with Crippen LogP contribution in [0.3, 0.4) is 0 Å². The van der Waals surface area contributed by atoms with E-state index in [0.29, 0.717) is 5.56 Å². The third-order valence-electron chi connectivity index (χ3n) is 2.75. The van der Waals surface area contributed by atoms with Crippen molar-refractivity contribution in [2.24, 2.45) is 0 Å². The van der Waals surface area contributed by atoms with Gasteiger partial charge in [0.25, 0.3) is 0 Å². The second kappa shape index (κ2) is 7.74. The van der Waals surface area contributed by atoms with Crippen LogP contribution in [0, 0.1) is 0 Å². The van der Waals surface area contributed by atoms with Gasteiger partial charge in [0.1, 0.15) is 5.75 Å². The van der Waals surface area contributed by atoms with Gasteiger partial charge in [-0.25, -0.2) is 0 Å². The molecule has 1 unspecified atom stereocenters. The lowest BCUT2D eigenvalue weighted by Crippen LogP contribution is -2.17. The van der Waals surface area contributed by atoms with Crippen molar-refractivity contribution in [3.8, 4) is 5.75 Å². The molecule has 0 aliphatic carbocycles. The first kappa shape index (κ1) is 17.1. The molecule has 0 saturated heterocycles. The van der Waals surface area contributed by atoms with Gasteiger partial charge in [0.15, 0.2) is 0 Å². The number of ether oxygens (including phenoxy) is 2. The maximum Gasteiger partial charge on any atom is 0.573 e. The first-order chi connectivity index (χ1) is 9.31. The molecule has 1 atom stereocenters. The Bertz CT molecular complexity index is 421. The molecule has 0 bridgehead atoms. The lowest BCUT2D eigenvalue weighted by atomic mass is 10.2. The van der Waals surface area contributed by atoms with E-state index in [1.165, 1.54) is 12.1 Å². The molecule has 1 rings (SSSR count). The van der Waals surface area contributed by atoms with Gasteiger partial charge in [-0.3, -0.25) is 0 Å². The van der Waals surface area contributed by atoms with Crippen LogP contribution in [0.4, 0.5) is 13.2 Å². The Morgan fingerprint density at radius 2 is 2.00 bits per heavy atom. The molecule has 0 saturated carbocycles. The van der Waals surface area contributed by atoms with Gasteiger partial charge >= 0.3 is 6.36 Å². The van der Waals surface area contributed by atoms with Crippen molar-refractivity contribution in [3.05, 3.63) is 28.8 Å². The van der Waals surface area contributed by atoms with Gasteiger partial charge in [-0.05, 0) is 31.0 Å². The Morgan fingerprint density at radius 1 is 1.30 bits per heavy atom. The SMILES string of the molecule is CCCCC(C)OCc1ccc(OC(F)(F)F)cc1Cl. The average molecular weight is 311 g/mol. The zero-order valence-corrected chi connectivity index (χ0v) is 12.2. The molecular weight excluding hydrogens is 293 g/mol. The van der Waals surface area contributed by atoms with Gasteiger partial charge in [-0.1, -0.05) is 37.4 Å². The van der Waals surface area contributed by atoms with Crippen LogP contribution in [0.25, 0.3) is 0 Å². The minimum Gasteiger partial charge on any atom is -0.406 e. The summed E-state index contributed by atoms with van der Waals surface area (Å²) < 4.78 is 45.6. The highest BCUT2D eigenvalue weighted by Crippen LogP contribution is 2.28. The summed E-state index contributed by atoms with van der Waals surface area (Å²) in [6.07, 6.45) is -1.50. The molecule has 1 aromatic rings. The smallest absolute Gasteiger partial charge is 0.406 e. The van der Waals surface area contributed by atoms with E-state index >= 15 is 0 Å². The van der Waals surface area contributed by atoms with Crippen molar-refractivity contribution in [1.29, 1.82) is 0 Å². The van der Waals surface area contributed by atoms with Gasteiger partial charge in [0.2, 0.25) is 0 Å². The number of alkyl halides is 3. The van der Waals surface area contributed by atoms with Gasteiger partial charge in [0, 0.05) is 5.02 Å². The lowest BCUT2D eigenvalue weighted by molar-refractivity contribution is -0.274. The average Bonchev–Trinajstić information content (AvgIpc) is 2.33. The molecule has 0 amide bonds. The molecule has 2 nitrogen and oxygen atoms in total. The first-order valence-corrected chi connectivity index (χ1v) is 6.85. The van der Waals surface area contributed by atoms with E-state index in [9.17, 15) is 13.2 Å². The van der Waals surface area contributed by atoms with E-state index in [1.54, 1.807) is 0 Å². The summed E-state index contributed by atoms with van der Waals surface area (Å²) in [5.41, 5.74) is 0.643. The molecule has 0 radical (unpaired) electrons. The highest BCUT2D eigenvalue weighted by molar-refractivity contribution is 6.31. The van der Waals surface area contributed by atoms with E-state index < -0.39 is 6.36 Å². The zero-order chi connectivity index (χ0) is 15.2. The van der Waals surface area contributed by atoms with Gasteiger partial charge in [0.05, 0.1) is 12.7 Å². The van der Waals surface area contributed by atoms with Crippen LogP contribution < -0.4 is 4.74 Å². The fourth-order valence-electron chi connectivity index (χ4n) is 1.65. The van der Waals surface area contributed by atoms with Gasteiger partial charge in [-0.2, -0.15) is 0 Å². The highest BCUT2D eigenvalue weighted by atomic mass is 35.5. The number of unbranched alkanes of at least 4 members (excludes halogenated alkanes) is 1. The Morgan fingerprint density at radius 3 is 2.55 bits per heavy atom. The summed E-state index contributed by atoms with van der Waals surface area (Å²) in [4.78, 5) is 0. The molecule has 114 valence electrons. The number of hydrogen-bond donors (Lipinski definition) is 0. The number of halogens is 4. The maximum atomic E-state index is 12.1. The van der Waals surface area contributed by atoms with Crippen molar-refractivity contribution in [3.63, 3.8) is 0 Å². The molecule has 0 aromatic heterocycles. The summed E-state index contributed by atoms with van der Waals surface area (Å²) in [6, 6.07) is 3.86. The van der Waals surface area contributed by atoms with Gasteiger partial charge < -0.3 is 9.47 Å². The Kier molecular flexibility index (Phi) is 6.62. The Hall–Kier alpha value is -0.940. The van der Waals surface area contributed by atoms with Crippen LogP contribution in [0.5, 0.6) is 5.75 Å². The predicted molar refractivity (Wildman–Crippen MR) is 71.9 cm³/mol. The van der Waals surface area contributed by atoms with Crippen molar-refractivity contribution in [2.75, 3.05) is 0 Å². The summed E-state index contributed by atoms with van der Waals surface area (Å²) in [7, 11) is 0. The molecule has 20 heavy (non-hydrogen) atoms.